The Morgan fingerprint density at radius 3 is 1.89 bits per heavy atom. The summed E-state index contributed by atoms with van der Waals surface area (Å²) in [7, 11) is 0. The second-order valence-electron chi connectivity index (χ2n) is 5.71. The lowest BCUT2D eigenvalue weighted by molar-refractivity contribution is -0.211. The van der Waals surface area contributed by atoms with Gasteiger partial charge in [-0.2, -0.15) is 8.78 Å². The van der Waals surface area contributed by atoms with Crippen LogP contribution < -0.4 is 0 Å². The molecule has 3 nitrogen and oxygen atoms in total. The first kappa shape index (κ1) is 15.2. The van der Waals surface area contributed by atoms with Gasteiger partial charge in [0, 0.05) is 13.1 Å². The van der Waals surface area contributed by atoms with Crippen LogP contribution in [0.3, 0.4) is 0 Å². The van der Waals surface area contributed by atoms with E-state index in [1.807, 2.05) is 0 Å². The van der Waals surface area contributed by atoms with Crippen LogP contribution in [0.4, 0.5) is 17.6 Å². The van der Waals surface area contributed by atoms with E-state index in [1.54, 1.807) is 27.7 Å². The first-order valence-corrected chi connectivity index (χ1v) is 5.53. The molecule has 1 fully saturated rings. The molecule has 0 atom stereocenters. The molecule has 0 spiro atoms. The van der Waals surface area contributed by atoms with Gasteiger partial charge in [0.1, 0.15) is 0 Å². The minimum Gasteiger partial charge on any atom is -0.366 e. The van der Waals surface area contributed by atoms with E-state index in [9.17, 15) is 22.4 Å². The molecular formula is C11H17F4NO2. The zero-order chi connectivity index (χ0) is 14.4. The Hall–Kier alpha value is -0.850. The van der Waals surface area contributed by atoms with E-state index < -0.39 is 29.5 Å². The number of halogens is 4. The van der Waals surface area contributed by atoms with Crippen molar-refractivity contribution in [1.29, 1.82) is 0 Å². The monoisotopic (exact) mass is 271 g/mol. The van der Waals surface area contributed by atoms with Crippen LogP contribution in [0.2, 0.25) is 0 Å². The average molecular weight is 271 g/mol. The Bertz CT molecular complexity index is 326. The largest absolute Gasteiger partial charge is 0.383 e. The summed E-state index contributed by atoms with van der Waals surface area (Å²) >= 11 is 0. The molecule has 0 aromatic carbocycles. The van der Waals surface area contributed by atoms with Gasteiger partial charge in [-0.05, 0) is 27.7 Å². The van der Waals surface area contributed by atoms with Gasteiger partial charge in [-0.3, -0.25) is 4.79 Å². The number of amides is 1. The van der Waals surface area contributed by atoms with E-state index in [4.69, 9.17) is 4.74 Å². The van der Waals surface area contributed by atoms with Crippen molar-refractivity contribution in [2.75, 3.05) is 13.1 Å². The Kier molecular flexibility index (Phi) is 3.69. The highest BCUT2D eigenvalue weighted by Crippen LogP contribution is 2.32. The molecule has 0 saturated carbocycles. The molecule has 0 aliphatic carbocycles. The molecule has 18 heavy (non-hydrogen) atoms. The molecule has 1 aliphatic rings. The number of hydrogen-bond donors (Lipinski definition) is 0. The molecule has 106 valence electrons. The van der Waals surface area contributed by atoms with Crippen LogP contribution in [0, 0.1) is 0 Å². The van der Waals surface area contributed by atoms with Crippen LogP contribution in [-0.4, -0.2) is 47.4 Å². The summed E-state index contributed by atoms with van der Waals surface area (Å²) in [6.45, 7) is 6.20. The molecule has 1 aliphatic heterocycles. The van der Waals surface area contributed by atoms with Crippen LogP contribution in [0.25, 0.3) is 0 Å². The van der Waals surface area contributed by atoms with Gasteiger partial charge in [0.25, 0.3) is 5.91 Å². The third kappa shape index (κ3) is 3.13. The van der Waals surface area contributed by atoms with Crippen molar-refractivity contribution in [3.8, 4) is 0 Å². The normalized spacial score (nSPS) is 23.3. The van der Waals surface area contributed by atoms with Gasteiger partial charge in [0.05, 0.1) is 11.2 Å². The fourth-order valence-electron chi connectivity index (χ4n) is 2.24. The smallest absolute Gasteiger partial charge is 0.366 e. The predicted octanol–water partition coefficient (Wildman–Crippen LogP) is 2.30. The van der Waals surface area contributed by atoms with E-state index in [1.165, 1.54) is 0 Å². The lowest BCUT2D eigenvalue weighted by atomic mass is 9.98. The van der Waals surface area contributed by atoms with Crippen molar-refractivity contribution in [3.63, 3.8) is 0 Å². The van der Waals surface area contributed by atoms with Crippen molar-refractivity contribution < 1.29 is 27.1 Å². The van der Waals surface area contributed by atoms with Gasteiger partial charge in [-0.1, -0.05) is 0 Å². The Morgan fingerprint density at radius 2 is 1.56 bits per heavy atom. The van der Waals surface area contributed by atoms with Gasteiger partial charge < -0.3 is 9.64 Å². The zero-order valence-electron chi connectivity index (χ0n) is 10.8. The maximum absolute atomic E-state index is 13.0. The van der Waals surface area contributed by atoms with E-state index in [-0.39, 0.29) is 13.1 Å². The summed E-state index contributed by atoms with van der Waals surface area (Å²) in [5.41, 5.74) is -1.70. The minimum atomic E-state index is -4.65. The second kappa shape index (κ2) is 4.36. The highest BCUT2D eigenvalue weighted by molar-refractivity contribution is 5.84. The average Bonchev–Trinajstić information content (AvgIpc) is 2.11. The number of alkyl halides is 4. The van der Waals surface area contributed by atoms with Crippen LogP contribution in [0.15, 0.2) is 0 Å². The summed E-state index contributed by atoms with van der Waals surface area (Å²) in [6.07, 6.45) is -4.00. The van der Waals surface area contributed by atoms with Gasteiger partial charge in [-0.25, -0.2) is 8.78 Å². The van der Waals surface area contributed by atoms with Gasteiger partial charge in [0.2, 0.25) is 0 Å². The number of carbonyl (C=O) groups excluding carboxylic acids is 1. The quantitative estimate of drug-likeness (QED) is 0.721. The van der Waals surface area contributed by atoms with Gasteiger partial charge in [-0.15, -0.1) is 0 Å². The molecule has 0 aromatic heterocycles. The number of rotatable bonds is 2. The lowest BCUT2D eigenvalue weighted by Crippen LogP contribution is -2.62. The van der Waals surface area contributed by atoms with E-state index in [2.05, 4.69) is 0 Å². The van der Waals surface area contributed by atoms with Crippen LogP contribution in [0.5, 0.6) is 0 Å². The van der Waals surface area contributed by atoms with Crippen molar-refractivity contribution in [3.05, 3.63) is 0 Å². The van der Waals surface area contributed by atoms with Crippen molar-refractivity contribution in [2.24, 2.45) is 0 Å². The number of hydrogen-bond acceptors (Lipinski definition) is 2. The Morgan fingerprint density at radius 1 is 1.17 bits per heavy atom. The molecule has 7 heteroatoms. The molecule has 1 saturated heterocycles. The zero-order valence-corrected chi connectivity index (χ0v) is 10.8. The molecule has 0 radical (unpaired) electrons. The molecular weight excluding hydrogens is 254 g/mol. The fraction of sp³-hybridized carbons (Fsp3) is 0.909. The van der Waals surface area contributed by atoms with Crippen LogP contribution >= 0.6 is 0 Å². The van der Waals surface area contributed by atoms with E-state index in [0.717, 1.165) is 4.90 Å². The number of carbonyl (C=O) groups is 1. The summed E-state index contributed by atoms with van der Waals surface area (Å²) in [6, 6.07) is 0. The van der Waals surface area contributed by atoms with Crippen LogP contribution in [0.1, 0.15) is 27.7 Å². The number of nitrogens with zero attached hydrogens (tertiary/aromatic N) is 1. The molecule has 1 rings (SSSR count). The third-order valence-electron chi connectivity index (χ3n) is 2.54. The summed E-state index contributed by atoms with van der Waals surface area (Å²) in [5.74, 6) is -6.49. The first-order valence-electron chi connectivity index (χ1n) is 5.53. The fourth-order valence-corrected chi connectivity index (χ4v) is 2.24. The molecule has 1 heterocycles. The summed E-state index contributed by atoms with van der Waals surface area (Å²) < 4.78 is 56.0. The highest BCUT2D eigenvalue weighted by Gasteiger charge is 2.53. The van der Waals surface area contributed by atoms with Crippen LogP contribution in [-0.2, 0) is 9.53 Å². The van der Waals surface area contributed by atoms with Crippen molar-refractivity contribution >= 4 is 5.91 Å². The summed E-state index contributed by atoms with van der Waals surface area (Å²) in [5, 5.41) is 0. The third-order valence-corrected chi connectivity index (χ3v) is 2.54. The predicted molar refractivity (Wildman–Crippen MR) is 56.8 cm³/mol. The van der Waals surface area contributed by atoms with Gasteiger partial charge in [0.15, 0.2) is 0 Å². The SMILES string of the molecule is CC1(C)CN(C(=O)C(F)(F)C(F)F)CC(C)(C)O1. The topological polar surface area (TPSA) is 29.5 Å². The molecule has 0 bridgehead atoms. The highest BCUT2D eigenvalue weighted by atomic mass is 19.3. The van der Waals surface area contributed by atoms with Crippen molar-refractivity contribution in [2.45, 2.75) is 51.2 Å². The van der Waals surface area contributed by atoms with Gasteiger partial charge >= 0.3 is 12.3 Å². The standard InChI is InChI=1S/C11H17F4NO2/c1-9(2)5-16(6-10(3,4)18-9)8(17)11(14,15)7(12)13/h7H,5-6H2,1-4H3. The second-order valence-corrected chi connectivity index (χ2v) is 5.71. The number of morpholine rings is 1. The van der Waals surface area contributed by atoms with E-state index >= 15 is 0 Å². The Balaban J connectivity index is 2.93. The molecule has 0 unspecified atom stereocenters. The number of ether oxygens (including phenoxy) is 1. The molecule has 0 N–H and O–H groups in total. The molecule has 1 amide bonds. The summed E-state index contributed by atoms with van der Waals surface area (Å²) in [4.78, 5) is 12.2. The maximum Gasteiger partial charge on any atom is 0.383 e. The maximum atomic E-state index is 13.0. The molecule has 0 aromatic rings. The van der Waals surface area contributed by atoms with Crippen molar-refractivity contribution in [1.82, 2.24) is 4.90 Å². The first-order chi connectivity index (χ1) is 7.87. The van der Waals surface area contributed by atoms with E-state index in [0.29, 0.717) is 0 Å². The minimum absolute atomic E-state index is 0.141. The lowest BCUT2D eigenvalue weighted by Gasteiger charge is -2.47. The Labute approximate surface area is 103 Å².